The Morgan fingerprint density at radius 2 is 1.61 bits per heavy atom. The molecule has 0 saturated carbocycles. The van der Waals surface area contributed by atoms with Gasteiger partial charge >= 0.3 is 5.97 Å². The van der Waals surface area contributed by atoms with Crippen molar-refractivity contribution in [3.63, 3.8) is 0 Å². The van der Waals surface area contributed by atoms with E-state index in [1.54, 1.807) is 26.1 Å². The van der Waals surface area contributed by atoms with Gasteiger partial charge in [-0.25, -0.2) is 0 Å². The van der Waals surface area contributed by atoms with E-state index in [2.05, 4.69) is 5.48 Å². The average molecular weight is 618 g/mol. The first-order valence-electron chi connectivity index (χ1n) is 14.5. The number of ether oxygens (including phenoxy) is 9. The molecule has 5 aliphatic rings. The van der Waals surface area contributed by atoms with E-state index in [0.717, 1.165) is 5.56 Å². The van der Waals surface area contributed by atoms with Crippen LogP contribution in [0.5, 0.6) is 28.7 Å². The third-order valence-electron chi connectivity index (χ3n) is 8.93. The first-order chi connectivity index (χ1) is 21.3. The first kappa shape index (κ1) is 29.3. The van der Waals surface area contributed by atoms with Crippen molar-refractivity contribution < 1.29 is 62.5 Å². The molecule has 0 bridgehead atoms. The number of aliphatic hydroxyl groups excluding tert-OH is 2. The molecule has 1 aliphatic carbocycles. The van der Waals surface area contributed by atoms with E-state index in [1.807, 2.05) is 12.1 Å². The van der Waals surface area contributed by atoms with Gasteiger partial charge in [-0.1, -0.05) is 0 Å². The minimum absolute atomic E-state index is 0.0408. The van der Waals surface area contributed by atoms with Crippen LogP contribution in [0.15, 0.2) is 24.3 Å². The highest BCUT2D eigenvalue weighted by molar-refractivity contribution is 5.79. The summed E-state index contributed by atoms with van der Waals surface area (Å²) in [5.41, 5.74) is 4.79. The van der Waals surface area contributed by atoms with Crippen LogP contribution in [0.3, 0.4) is 0 Å². The summed E-state index contributed by atoms with van der Waals surface area (Å²) in [6, 6.07) is 7.26. The van der Waals surface area contributed by atoms with Gasteiger partial charge in [0.25, 0.3) is 0 Å². The van der Waals surface area contributed by atoms with E-state index in [0.29, 0.717) is 39.9 Å². The van der Waals surface area contributed by atoms with Gasteiger partial charge in [0.2, 0.25) is 12.5 Å². The Morgan fingerprint density at radius 3 is 2.30 bits per heavy atom. The predicted molar refractivity (Wildman–Crippen MR) is 146 cm³/mol. The molecule has 44 heavy (non-hydrogen) atoms. The highest BCUT2D eigenvalue weighted by Crippen LogP contribution is 2.57. The van der Waals surface area contributed by atoms with Gasteiger partial charge in [-0.15, -0.1) is 0 Å². The number of methoxy groups -OCH3 is 2. The molecule has 7 rings (SSSR count). The number of esters is 1. The van der Waals surface area contributed by atoms with E-state index < -0.39 is 66.8 Å². The van der Waals surface area contributed by atoms with Crippen molar-refractivity contribution in [2.75, 3.05) is 41.3 Å². The van der Waals surface area contributed by atoms with Crippen molar-refractivity contribution in [2.45, 2.75) is 55.9 Å². The lowest BCUT2D eigenvalue weighted by Crippen LogP contribution is -2.63. The van der Waals surface area contributed by atoms with Gasteiger partial charge in [0.05, 0.1) is 39.5 Å². The predicted octanol–water partition coefficient (Wildman–Crippen LogP) is 1.15. The van der Waals surface area contributed by atoms with Crippen LogP contribution in [-0.4, -0.2) is 94.5 Å². The van der Waals surface area contributed by atoms with E-state index in [-0.39, 0.29) is 20.0 Å². The van der Waals surface area contributed by atoms with E-state index in [4.69, 9.17) is 47.5 Å². The largest absolute Gasteiger partial charge is 0.493 e. The minimum atomic E-state index is -1.43. The fourth-order valence-electron chi connectivity index (χ4n) is 6.92. The number of hydrogen-bond acceptors (Lipinski definition) is 14. The number of nitrogens with one attached hydrogen (secondary N) is 1. The van der Waals surface area contributed by atoms with Crippen molar-refractivity contribution >= 4 is 5.97 Å². The summed E-state index contributed by atoms with van der Waals surface area (Å²) in [6.45, 7) is 1.97. The maximum atomic E-state index is 13.5. The summed E-state index contributed by atoms with van der Waals surface area (Å²) in [5, 5.41) is 22.0. The summed E-state index contributed by atoms with van der Waals surface area (Å²) in [5.74, 6) is 0.0502. The maximum Gasteiger partial charge on any atom is 0.310 e. The van der Waals surface area contributed by atoms with Gasteiger partial charge in [-0.05, 0) is 47.9 Å². The second-order valence-corrected chi connectivity index (χ2v) is 11.3. The highest BCUT2D eigenvalue weighted by atomic mass is 16.8. The lowest BCUT2D eigenvalue weighted by atomic mass is 9.66. The zero-order valence-electron chi connectivity index (χ0n) is 24.6. The Balaban J connectivity index is 1.32. The number of benzene rings is 2. The molecule has 238 valence electrons. The van der Waals surface area contributed by atoms with Crippen molar-refractivity contribution in [1.82, 2.24) is 5.48 Å². The van der Waals surface area contributed by atoms with Gasteiger partial charge in [0, 0.05) is 18.9 Å². The topological polar surface area (TPSA) is 162 Å². The number of hydroxylamine groups is 1. The van der Waals surface area contributed by atoms with Crippen LogP contribution in [0, 0.1) is 11.8 Å². The number of carbonyl (C=O) groups excluding carboxylic acids is 1. The van der Waals surface area contributed by atoms with Crippen molar-refractivity contribution in [1.29, 1.82) is 0 Å². The number of hydrogen-bond donors (Lipinski definition) is 3. The molecule has 0 radical (unpaired) electrons. The number of carbonyl (C=O) groups is 1. The number of rotatable bonds is 7. The molecule has 3 N–H and O–H groups in total. The first-order valence-corrected chi connectivity index (χ1v) is 14.5. The summed E-state index contributed by atoms with van der Waals surface area (Å²) in [4.78, 5) is 19.1. The molecule has 2 aromatic rings. The van der Waals surface area contributed by atoms with E-state index >= 15 is 0 Å². The molecule has 0 spiro atoms. The van der Waals surface area contributed by atoms with Crippen molar-refractivity contribution in [3.8, 4) is 28.7 Å². The second kappa shape index (κ2) is 11.5. The summed E-state index contributed by atoms with van der Waals surface area (Å²) in [6.07, 6.45) is -6.75. The maximum absolute atomic E-state index is 13.5. The molecular formula is C30H35NO13. The van der Waals surface area contributed by atoms with Gasteiger partial charge in [0.1, 0.15) is 24.4 Å². The number of fused-ring (bicyclic) bond motifs is 4. The summed E-state index contributed by atoms with van der Waals surface area (Å²) in [7, 11) is 4.65. The Morgan fingerprint density at radius 1 is 0.909 bits per heavy atom. The van der Waals surface area contributed by atoms with E-state index in [9.17, 15) is 15.0 Å². The van der Waals surface area contributed by atoms with Gasteiger partial charge in [0.15, 0.2) is 35.6 Å². The van der Waals surface area contributed by atoms with Gasteiger partial charge in [-0.2, -0.15) is 5.48 Å². The van der Waals surface area contributed by atoms with Crippen molar-refractivity contribution in [3.05, 3.63) is 41.0 Å². The van der Waals surface area contributed by atoms with E-state index in [1.165, 1.54) is 14.2 Å². The third kappa shape index (κ3) is 4.72. The third-order valence-corrected chi connectivity index (χ3v) is 8.93. The molecule has 14 heteroatoms. The lowest BCUT2D eigenvalue weighted by molar-refractivity contribution is -0.364. The average Bonchev–Trinajstić information content (AvgIpc) is 3.65. The fraction of sp³-hybridized carbons (Fsp3) is 0.567. The quantitative estimate of drug-likeness (QED) is 0.300. The SMILES string of the molecule is CNOc1c(OC)cc(C2c3cc4c(cc3[C@@H](OC3OC5COC(C)OC5C(O)C3O)[C@H]3COC(=O)[C@H]23)OCO4)cc1OC. The Bertz CT molecular complexity index is 1390. The zero-order chi connectivity index (χ0) is 30.7. The van der Waals surface area contributed by atoms with Crippen LogP contribution in [0.4, 0.5) is 0 Å². The molecule has 0 aromatic heterocycles. The van der Waals surface area contributed by atoms with Crippen LogP contribution in [0.25, 0.3) is 0 Å². The van der Waals surface area contributed by atoms with Crippen LogP contribution in [0.2, 0.25) is 0 Å². The second-order valence-electron chi connectivity index (χ2n) is 11.3. The minimum Gasteiger partial charge on any atom is -0.493 e. The van der Waals surface area contributed by atoms with Crippen molar-refractivity contribution in [2.24, 2.45) is 11.8 Å². The molecule has 7 unspecified atom stereocenters. The van der Waals surface area contributed by atoms with Gasteiger partial charge < -0.3 is 57.7 Å². The number of cyclic esters (lactones) is 1. The molecule has 14 nitrogen and oxygen atoms in total. The van der Waals surface area contributed by atoms with Crippen LogP contribution >= 0.6 is 0 Å². The van der Waals surface area contributed by atoms with Crippen LogP contribution < -0.4 is 29.3 Å². The molecule has 3 fully saturated rings. The Labute approximate surface area is 252 Å². The zero-order valence-corrected chi connectivity index (χ0v) is 24.6. The van der Waals surface area contributed by atoms with Crippen LogP contribution in [-0.2, 0) is 28.5 Å². The molecule has 2 aromatic carbocycles. The molecule has 10 atom stereocenters. The normalized spacial score (nSPS) is 35.3. The molecule has 4 aliphatic heterocycles. The number of aliphatic hydroxyl groups is 2. The molecule has 4 heterocycles. The Hall–Kier alpha value is -3.37. The molecule has 0 amide bonds. The standard InChI is InChI=1S/C30H35NO13/c1-12-37-10-21-28(41-12)24(32)25(33)30(42-21)43-26-15-8-18-17(39-11-40-18)7-14(15)22(23-16(26)9-38-29(23)34)13-5-19(35-3)27(44-31-2)20(6-13)36-4/h5-8,12,16,21-26,28,30-33H,9-11H2,1-4H3/t12?,16-,21?,22?,23-,24?,25?,26+,28?,30?/m0/s1. The Kier molecular flexibility index (Phi) is 7.69. The summed E-state index contributed by atoms with van der Waals surface area (Å²) < 4.78 is 52.3. The van der Waals surface area contributed by atoms with Gasteiger partial charge in [-0.3, -0.25) is 4.79 Å². The fourth-order valence-corrected chi connectivity index (χ4v) is 6.92. The highest BCUT2D eigenvalue weighted by Gasteiger charge is 2.56. The monoisotopic (exact) mass is 617 g/mol. The smallest absolute Gasteiger partial charge is 0.310 e. The summed E-state index contributed by atoms with van der Waals surface area (Å²) >= 11 is 0. The van der Waals surface area contributed by atoms with Crippen LogP contribution in [0.1, 0.15) is 35.6 Å². The molecular weight excluding hydrogens is 582 g/mol. The lowest BCUT2D eigenvalue weighted by Gasteiger charge is -2.47. The molecule has 3 saturated heterocycles.